The number of hydrogen-bond acceptors (Lipinski definition) is 3. The number of benzene rings is 1. The summed E-state index contributed by atoms with van der Waals surface area (Å²) in [6, 6.07) is 4.82. The van der Waals surface area contributed by atoms with Crippen LogP contribution in [0.15, 0.2) is 18.2 Å². The maximum Gasteiger partial charge on any atom is 0.171 e. The number of Topliss-reactive ketones (excluding diaryl/α,β-unsaturated/α-hetero) is 2. The van der Waals surface area contributed by atoms with Crippen molar-refractivity contribution < 1.29 is 14.7 Å². The van der Waals surface area contributed by atoms with E-state index in [1.165, 1.54) is 6.07 Å². The molecule has 0 heterocycles. The van der Waals surface area contributed by atoms with Crippen LogP contribution in [-0.4, -0.2) is 16.7 Å². The number of hydrogen-bond donors (Lipinski definition) is 1. The third kappa shape index (κ3) is 1.05. The molecule has 0 aromatic heterocycles. The van der Waals surface area contributed by atoms with E-state index in [2.05, 4.69) is 0 Å². The minimum absolute atomic E-state index is 0.0000926. The van der Waals surface area contributed by atoms with Gasteiger partial charge in [-0.15, -0.1) is 0 Å². The topological polar surface area (TPSA) is 54.4 Å². The molecule has 0 amide bonds. The smallest absolute Gasteiger partial charge is 0.171 e. The van der Waals surface area contributed by atoms with Gasteiger partial charge in [-0.05, 0) is 37.2 Å². The predicted octanol–water partition coefficient (Wildman–Crippen LogP) is 2.43. The molecule has 3 heteroatoms. The Morgan fingerprint density at radius 2 is 1.67 bits per heavy atom. The van der Waals surface area contributed by atoms with Gasteiger partial charge in [-0.25, -0.2) is 0 Å². The summed E-state index contributed by atoms with van der Waals surface area (Å²) in [7, 11) is 0. The van der Waals surface area contributed by atoms with Crippen LogP contribution in [0.3, 0.4) is 0 Å². The van der Waals surface area contributed by atoms with Gasteiger partial charge in [-0.2, -0.15) is 0 Å². The number of phenolic OH excluding ortho intramolecular Hbond substituents is 1. The SMILES string of the molecule is O=C1c2cccc(O)c2C(=O)C2C3CCC(C3)C12. The summed E-state index contributed by atoms with van der Waals surface area (Å²) in [4.78, 5) is 25.1. The van der Waals surface area contributed by atoms with Gasteiger partial charge in [-0.3, -0.25) is 9.59 Å². The van der Waals surface area contributed by atoms with Crippen LogP contribution in [0.5, 0.6) is 5.75 Å². The molecule has 2 fully saturated rings. The quantitative estimate of drug-likeness (QED) is 0.760. The molecule has 0 aliphatic heterocycles. The fourth-order valence-corrected chi connectivity index (χ4v) is 4.40. The van der Waals surface area contributed by atoms with Gasteiger partial charge in [0, 0.05) is 17.4 Å². The van der Waals surface area contributed by atoms with E-state index in [9.17, 15) is 14.7 Å². The molecule has 1 aromatic rings. The van der Waals surface area contributed by atoms with Crippen molar-refractivity contribution in [3.8, 4) is 5.75 Å². The Balaban J connectivity index is 1.94. The van der Waals surface area contributed by atoms with Crippen LogP contribution in [0, 0.1) is 23.7 Å². The van der Waals surface area contributed by atoms with Crippen LogP contribution < -0.4 is 0 Å². The highest BCUT2D eigenvalue weighted by Crippen LogP contribution is 2.56. The van der Waals surface area contributed by atoms with E-state index in [0.717, 1.165) is 19.3 Å². The van der Waals surface area contributed by atoms with Crippen molar-refractivity contribution in [2.75, 3.05) is 0 Å². The molecule has 92 valence electrons. The second-order valence-corrected chi connectivity index (χ2v) is 5.81. The highest BCUT2D eigenvalue weighted by atomic mass is 16.3. The minimum Gasteiger partial charge on any atom is -0.507 e. The standard InChI is InChI=1S/C15H14O3/c16-10-3-1-2-9-13(10)15(18)12-8-5-4-7(6-8)11(12)14(9)17/h1-3,7-8,11-12,16H,4-6H2. The van der Waals surface area contributed by atoms with Gasteiger partial charge < -0.3 is 5.11 Å². The second-order valence-electron chi connectivity index (χ2n) is 5.81. The van der Waals surface area contributed by atoms with Crippen molar-refractivity contribution in [2.24, 2.45) is 23.7 Å². The van der Waals surface area contributed by atoms with Crippen LogP contribution in [0.1, 0.15) is 40.0 Å². The van der Waals surface area contributed by atoms with E-state index >= 15 is 0 Å². The molecule has 4 rings (SSSR count). The Labute approximate surface area is 105 Å². The van der Waals surface area contributed by atoms with E-state index in [1.54, 1.807) is 12.1 Å². The zero-order chi connectivity index (χ0) is 12.4. The molecule has 0 saturated heterocycles. The number of rotatable bonds is 0. The van der Waals surface area contributed by atoms with Crippen molar-refractivity contribution in [3.05, 3.63) is 29.3 Å². The second kappa shape index (κ2) is 3.22. The highest BCUT2D eigenvalue weighted by molar-refractivity contribution is 6.17. The van der Waals surface area contributed by atoms with Crippen molar-refractivity contribution >= 4 is 11.6 Å². The summed E-state index contributed by atoms with van der Waals surface area (Å²) in [5.74, 6) is 0.545. The summed E-state index contributed by atoms with van der Waals surface area (Å²) in [6.07, 6.45) is 3.16. The molecule has 4 atom stereocenters. The molecule has 0 spiro atoms. The van der Waals surface area contributed by atoms with Gasteiger partial charge in [0.25, 0.3) is 0 Å². The Hall–Kier alpha value is -1.64. The maximum absolute atomic E-state index is 12.5. The Kier molecular flexibility index (Phi) is 1.84. The lowest BCUT2D eigenvalue weighted by Crippen LogP contribution is -2.40. The molecule has 2 bridgehead atoms. The fraction of sp³-hybridized carbons (Fsp3) is 0.467. The Morgan fingerprint density at radius 1 is 1.00 bits per heavy atom. The van der Waals surface area contributed by atoms with Crippen LogP contribution >= 0.6 is 0 Å². The molecule has 3 nitrogen and oxygen atoms in total. The molecule has 3 aliphatic carbocycles. The molecule has 0 radical (unpaired) electrons. The lowest BCUT2D eigenvalue weighted by atomic mass is 9.67. The summed E-state index contributed by atoms with van der Waals surface area (Å²) < 4.78 is 0. The molecule has 4 unspecified atom stereocenters. The maximum atomic E-state index is 12.5. The summed E-state index contributed by atoms with van der Waals surface area (Å²) in [5.41, 5.74) is 0.713. The zero-order valence-corrected chi connectivity index (χ0v) is 9.93. The number of aromatic hydroxyl groups is 1. The average molecular weight is 242 g/mol. The molecule has 1 aromatic carbocycles. The van der Waals surface area contributed by atoms with Gasteiger partial charge >= 0.3 is 0 Å². The lowest BCUT2D eigenvalue weighted by molar-refractivity contribution is 0.0658. The van der Waals surface area contributed by atoms with E-state index < -0.39 is 0 Å². The molecule has 3 aliphatic rings. The predicted molar refractivity (Wildman–Crippen MR) is 64.6 cm³/mol. The van der Waals surface area contributed by atoms with Gasteiger partial charge in [-0.1, -0.05) is 12.1 Å². The van der Waals surface area contributed by atoms with Gasteiger partial charge in [0.05, 0.1) is 5.56 Å². The summed E-state index contributed by atoms with van der Waals surface area (Å²) in [6.45, 7) is 0. The number of carbonyl (C=O) groups excluding carboxylic acids is 2. The van der Waals surface area contributed by atoms with Crippen molar-refractivity contribution in [1.82, 2.24) is 0 Å². The zero-order valence-electron chi connectivity index (χ0n) is 9.93. The van der Waals surface area contributed by atoms with Crippen LogP contribution in [-0.2, 0) is 0 Å². The first kappa shape index (κ1) is 10.3. The normalized spacial score (nSPS) is 36.7. The first-order valence-electron chi connectivity index (χ1n) is 6.59. The lowest BCUT2D eigenvalue weighted by Gasteiger charge is -2.33. The van der Waals surface area contributed by atoms with E-state index in [-0.39, 0.29) is 34.7 Å². The van der Waals surface area contributed by atoms with Crippen LogP contribution in [0.4, 0.5) is 0 Å². The van der Waals surface area contributed by atoms with E-state index in [4.69, 9.17) is 0 Å². The molecule has 1 N–H and O–H groups in total. The first-order chi connectivity index (χ1) is 8.68. The van der Waals surface area contributed by atoms with Gasteiger partial charge in [0.2, 0.25) is 0 Å². The minimum atomic E-state index is -0.156. The fourth-order valence-electron chi connectivity index (χ4n) is 4.40. The van der Waals surface area contributed by atoms with Crippen molar-refractivity contribution in [3.63, 3.8) is 0 Å². The molecule has 18 heavy (non-hydrogen) atoms. The Bertz CT molecular complexity index is 575. The van der Waals surface area contributed by atoms with Gasteiger partial charge in [0.15, 0.2) is 11.6 Å². The number of phenols is 1. The largest absolute Gasteiger partial charge is 0.507 e. The number of carbonyl (C=O) groups is 2. The van der Waals surface area contributed by atoms with Crippen LogP contribution in [0.25, 0.3) is 0 Å². The van der Waals surface area contributed by atoms with Crippen molar-refractivity contribution in [1.29, 1.82) is 0 Å². The Morgan fingerprint density at radius 3 is 2.39 bits per heavy atom. The monoisotopic (exact) mass is 242 g/mol. The average Bonchev–Trinajstić information content (AvgIpc) is 2.96. The molecular formula is C15H14O3. The van der Waals surface area contributed by atoms with Crippen molar-refractivity contribution in [2.45, 2.75) is 19.3 Å². The molecular weight excluding hydrogens is 228 g/mol. The highest BCUT2D eigenvalue weighted by Gasteiger charge is 2.56. The van der Waals surface area contributed by atoms with E-state index in [1.807, 2.05) is 0 Å². The van der Waals surface area contributed by atoms with Crippen LogP contribution in [0.2, 0.25) is 0 Å². The van der Waals surface area contributed by atoms with Gasteiger partial charge in [0.1, 0.15) is 5.75 Å². The third-order valence-electron chi connectivity index (χ3n) is 5.08. The van der Waals surface area contributed by atoms with E-state index in [0.29, 0.717) is 17.4 Å². The summed E-state index contributed by atoms with van der Waals surface area (Å²) in [5, 5.41) is 9.86. The number of fused-ring (bicyclic) bond motifs is 6. The first-order valence-corrected chi connectivity index (χ1v) is 6.59. The molecule has 2 saturated carbocycles. The number of ketones is 2. The summed E-state index contributed by atoms with van der Waals surface area (Å²) >= 11 is 0. The third-order valence-corrected chi connectivity index (χ3v) is 5.08.